The fraction of sp³-hybridized carbons (Fsp3) is 0.519. The van der Waals surface area contributed by atoms with Crippen molar-refractivity contribution in [2.24, 2.45) is 0 Å². The largest absolute Gasteiger partial charge is 0.489 e. The zero-order chi connectivity index (χ0) is 26.3. The number of ether oxygens (including phenoxy) is 8. The van der Waals surface area contributed by atoms with Gasteiger partial charge in [-0.3, -0.25) is 0 Å². The minimum atomic E-state index is 0.413. The molecule has 0 N–H and O–H groups in total. The fourth-order valence-corrected chi connectivity index (χ4v) is 3.71. The highest BCUT2D eigenvalue weighted by Crippen LogP contribution is 2.44. The maximum absolute atomic E-state index is 6.04. The molecule has 1 saturated heterocycles. The van der Waals surface area contributed by atoms with Crippen molar-refractivity contribution in [1.82, 2.24) is 0 Å². The number of methoxy groups -OCH3 is 4. The van der Waals surface area contributed by atoms with Gasteiger partial charge in [-0.25, -0.2) is 0 Å². The second-order valence-electron chi connectivity index (χ2n) is 7.97. The first kappa shape index (κ1) is 28.6. The first-order chi connectivity index (χ1) is 18.2. The van der Waals surface area contributed by atoms with Gasteiger partial charge in [0.25, 0.3) is 0 Å². The Balaban J connectivity index is 1.88. The Labute approximate surface area is 219 Å². The third kappa shape index (κ3) is 8.29. The van der Waals surface area contributed by atoms with Crippen LogP contribution in [0.1, 0.15) is 0 Å². The Bertz CT molecular complexity index is 799. The maximum Gasteiger partial charge on any atom is 0.209 e. The van der Waals surface area contributed by atoms with Crippen LogP contribution in [0.2, 0.25) is 0 Å². The van der Waals surface area contributed by atoms with E-state index in [2.05, 4.69) is 6.67 Å². The highest BCUT2D eigenvalue weighted by atomic mass is 16.5. The van der Waals surface area contributed by atoms with Gasteiger partial charge in [-0.1, -0.05) is 12.1 Å². The van der Waals surface area contributed by atoms with Crippen LogP contribution in [-0.4, -0.2) is 94.4 Å². The van der Waals surface area contributed by atoms with E-state index in [4.69, 9.17) is 37.9 Å². The van der Waals surface area contributed by atoms with Crippen LogP contribution in [0.3, 0.4) is 0 Å². The molecule has 0 unspecified atom stereocenters. The van der Waals surface area contributed by atoms with E-state index in [0.29, 0.717) is 88.9 Å². The smallest absolute Gasteiger partial charge is 0.209 e. The summed E-state index contributed by atoms with van der Waals surface area (Å²) in [6, 6.07) is 11.5. The summed E-state index contributed by atoms with van der Waals surface area (Å²) in [6.45, 7) is 8.31. The van der Waals surface area contributed by atoms with E-state index in [-0.39, 0.29) is 0 Å². The third-order valence-corrected chi connectivity index (χ3v) is 5.43. The molecule has 0 aromatic heterocycles. The molecule has 2 radical (unpaired) electrons. The molecule has 0 saturated carbocycles. The van der Waals surface area contributed by atoms with E-state index >= 15 is 0 Å². The Kier molecular flexibility index (Phi) is 12.4. The first-order valence-electron chi connectivity index (χ1n) is 12.3. The molecule has 10 nitrogen and oxygen atoms in total. The minimum Gasteiger partial charge on any atom is -0.489 e. The number of para-hydroxylation sites is 2. The predicted molar refractivity (Wildman–Crippen MR) is 140 cm³/mol. The van der Waals surface area contributed by atoms with E-state index in [1.807, 2.05) is 46.2 Å². The van der Waals surface area contributed by atoms with Gasteiger partial charge in [-0.05, 0) is 24.3 Å². The number of benzene rings is 2. The normalized spacial score (nSPS) is 13.2. The molecule has 10 heteroatoms. The van der Waals surface area contributed by atoms with Gasteiger partial charge in [0.15, 0.2) is 0 Å². The van der Waals surface area contributed by atoms with E-state index in [1.165, 1.54) is 0 Å². The average Bonchev–Trinajstić information content (AvgIpc) is 3.39. The molecular formula is C27H38N2O8. The lowest BCUT2D eigenvalue weighted by atomic mass is 10.2. The van der Waals surface area contributed by atoms with Gasteiger partial charge in [-0.2, -0.15) is 0 Å². The molecule has 37 heavy (non-hydrogen) atoms. The van der Waals surface area contributed by atoms with Crippen LogP contribution in [0, 0.1) is 6.67 Å². The van der Waals surface area contributed by atoms with Crippen LogP contribution >= 0.6 is 0 Å². The Hall–Kier alpha value is -2.92. The molecule has 1 aliphatic rings. The summed E-state index contributed by atoms with van der Waals surface area (Å²) in [4.78, 5) is 3.99. The van der Waals surface area contributed by atoms with Crippen LogP contribution in [0.25, 0.3) is 0 Å². The van der Waals surface area contributed by atoms with Crippen molar-refractivity contribution in [2.75, 3.05) is 104 Å². The van der Waals surface area contributed by atoms with E-state index in [9.17, 15) is 0 Å². The van der Waals surface area contributed by atoms with Crippen molar-refractivity contribution < 1.29 is 37.9 Å². The van der Waals surface area contributed by atoms with Crippen molar-refractivity contribution >= 4 is 11.4 Å². The Morgan fingerprint density at radius 3 is 1.08 bits per heavy atom. The molecule has 0 bridgehead atoms. The van der Waals surface area contributed by atoms with Gasteiger partial charge < -0.3 is 47.7 Å². The second-order valence-corrected chi connectivity index (χ2v) is 7.97. The number of hydrogen-bond donors (Lipinski definition) is 0. The van der Waals surface area contributed by atoms with E-state index in [1.54, 1.807) is 28.4 Å². The molecule has 0 atom stereocenters. The Morgan fingerprint density at radius 2 is 0.811 bits per heavy atom. The monoisotopic (exact) mass is 518 g/mol. The van der Waals surface area contributed by atoms with Crippen molar-refractivity contribution in [3.05, 3.63) is 43.1 Å². The molecule has 3 rings (SSSR count). The molecule has 0 spiro atoms. The molecule has 0 amide bonds. The molecule has 1 fully saturated rings. The molecule has 0 aliphatic carbocycles. The van der Waals surface area contributed by atoms with Crippen molar-refractivity contribution in [2.45, 2.75) is 0 Å². The quantitative estimate of drug-likeness (QED) is 0.275. The molecule has 1 heterocycles. The van der Waals surface area contributed by atoms with Crippen molar-refractivity contribution in [3.8, 4) is 23.0 Å². The van der Waals surface area contributed by atoms with Crippen molar-refractivity contribution in [1.29, 1.82) is 0 Å². The van der Waals surface area contributed by atoms with Gasteiger partial charge in [-0.15, -0.1) is 0 Å². The number of nitrogens with zero attached hydrogens (tertiary/aromatic N) is 2. The minimum absolute atomic E-state index is 0.413. The molecule has 2 aromatic carbocycles. The molecule has 2 aromatic rings. The summed E-state index contributed by atoms with van der Waals surface area (Å²) in [5, 5.41) is 0. The van der Waals surface area contributed by atoms with Crippen LogP contribution in [0.4, 0.5) is 11.4 Å². The third-order valence-electron chi connectivity index (χ3n) is 5.43. The predicted octanol–water partition coefficient (Wildman–Crippen LogP) is 3.11. The number of rotatable bonds is 18. The van der Waals surface area contributed by atoms with E-state index in [0.717, 1.165) is 11.4 Å². The molecule has 204 valence electrons. The highest BCUT2D eigenvalue weighted by molar-refractivity contribution is 5.75. The van der Waals surface area contributed by atoms with Crippen LogP contribution in [-0.2, 0) is 18.9 Å². The van der Waals surface area contributed by atoms with Crippen LogP contribution in [0.15, 0.2) is 36.4 Å². The number of anilines is 2. The summed E-state index contributed by atoms with van der Waals surface area (Å²) in [5.41, 5.74) is 1.58. The zero-order valence-electron chi connectivity index (χ0n) is 22.2. The summed E-state index contributed by atoms with van der Waals surface area (Å²) >= 11 is 0. The van der Waals surface area contributed by atoms with Crippen LogP contribution in [0.5, 0.6) is 23.0 Å². The average molecular weight is 519 g/mol. The van der Waals surface area contributed by atoms with Crippen LogP contribution < -0.4 is 28.7 Å². The lowest BCUT2D eigenvalue weighted by Gasteiger charge is -2.26. The van der Waals surface area contributed by atoms with E-state index < -0.39 is 0 Å². The lowest BCUT2D eigenvalue weighted by molar-refractivity contribution is 0.143. The Morgan fingerprint density at radius 1 is 0.514 bits per heavy atom. The summed E-state index contributed by atoms with van der Waals surface area (Å²) < 4.78 is 44.8. The number of hydrogen-bond acceptors (Lipinski definition) is 10. The van der Waals surface area contributed by atoms with Gasteiger partial charge in [0.05, 0.1) is 26.4 Å². The summed E-state index contributed by atoms with van der Waals surface area (Å²) in [7, 11) is 6.58. The fourth-order valence-electron chi connectivity index (χ4n) is 3.71. The highest BCUT2D eigenvalue weighted by Gasteiger charge is 2.31. The van der Waals surface area contributed by atoms with Gasteiger partial charge in [0, 0.05) is 41.5 Å². The topological polar surface area (TPSA) is 80.3 Å². The molecule has 1 aliphatic heterocycles. The SMILES string of the molecule is COCCOc1cccc(OCCOC)c1N1[C]N(c2c(OCCOC)cccc2OCCOC)CC1. The summed E-state index contributed by atoms with van der Waals surface area (Å²) in [5.74, 6) is 2.73. The van der Waals surface area contributed by atoms with Gasteiger partial charge in [0.2, 0.25) is 6.67 Å². The summed E-state index contributed by atoms with van der Waals surface area (Å²) in [6.07, 6.45) is 0. The lowest BCUT2D eigenvalue weighted by Crippen LogP contribution is -2.22. The van der Waals surface area contributed by atoms with Gasteiger partial charge >= 0.3 is 0 Å². The maximum atomic E-state index is 6.04. The molecular weight excluding hydrogens is 480 g/mol. The second kappa shape index (κ2) is 16.0. The zero-order valence-corrected chi connectivity index (χ0v) is 22.2. The first-order valence-corrected chi connectivity index (χ1v) is 12.3. The van der Waals surface area contributed by atoms with Crippen molar-refractivity contribution in [3.63, 3.8) is 0 Å². The standard InChI is InChI=1S/C27H38N2O8/c1-30-13-17-34-22-7-5-8-23(35-18-14-31-2)26(22)28-11-12-29(21-28)27-24(36-19-15-32-3)9-6-10-25(27)37-20-16-33-4/h5-10H,11-20H2,1-4H3. The van der Waals surface area contributed by atoms with Gasteiger partial charge in [0.1, 0.15) is 60.8 Å².